The van der Waals surface area contributed by atoms with Gasteiger partial charge in [-0.15, -0.1) is 0 Å². The lowest BCUT2D eigenvalue weighted by atomic mass is 10.3. The van der Waals surface area contributed by atoms with Crippen LogP contribution in [0.3, 0.4) is 0 Å². The highest BCUT2D eigenvalue weighted by Crippen LogP contribution is 2.22. The summed E-state index contributed by atoms with van der Waals surface area (Å²) in [4.78, 5) is 22.1. The highest BCUT2D eigenvalue weighted by molar-refractivity contribution is 6.05. The normalized spacial score (nSPS) is 10.6. The van der Waals surface area contributed by atoms with Crippen molar-refractivity contribution in [3.05, 3.63) is 48.6 Å². The standard InChI is InChI=1S/C13H9F2N5O/c14-7-1-9(5-16-3-7)19-13(21)20-11-6-18-12-10(11)2-8(15)4-17-12/h1-6H,(H,17,18)(H2,19,20,21). The molecule has 0 saturated carbocycles. The average molecular weight is 289 g/mol. The van der Waals surface area contributed by atoms with Crippen LogP contribution in [0.15, 0.2) is 36.9 Å². The van der Waals surface area contributed by atoms with Crippen LogP contribution in [-0.2, 0) is 0 Å². The number of pyridine rings is 2. The molecular weight excluding hydrogens is 280 g/mol. The van der Waals surface area contributed by atoms with Gasteiger partial charge in [-0.3, -0.25) is 4.98 Å². The third-order valence-corrected chi connectivity index (χ3v) is 2.71. The summed E-state index contributed by atoms with van der Waals surface area (Å²) in [5, 5.41) is 5.37. The van der Waals surface area contributed by atoms with E-state index < -0.39 is 17.7 Å². The number of urea groups is 1. The molecule has 3 rings (SSSR count). The average Bonchev–Trinajstić information content (AvgIpc) is 2.81. The van der Waals surface area contributed by atoms with E-state index in [0.29, 0.717) is 16.7 Å². The third kappa shape index (κ3) is 2.78. The van der Waals surface area contributed by atoms with Gasteiger partial charge in [-0.05, 0) is 6.07 Å². The quantitative estimate of drug-likeness (QED) is 0.678. The van der Waals surface area contributed by atoms with Gasteiger partial charge in [0.15, 0.2) is 0 Å². The molecule has 0 radical (unpaired) electrons. The molecule has 2 amide bonds. The molecule has 8 heteroatoms. The zero-order chi connectivity index (χ0) is 14.8. The minimum atomic E-state index is -0.604. The summed E-state index contributed by atoms with van der Waals surface area (Å²) in [6, 6.07) is 1.77. The smallest absolute Gasteiger partial charge is 0.323 e. The number of amides is 2. The number of rotatable bonds is 2. The minimum absolute atomic E-state index is 0.205. The summed E-state index contributed by atoms with van der Waals surface area (Å²) in [5.41, 5.74) is 1.01. The maximum atomic E-state index is 13.2. The van der Waals surface area contributed by atoms with Crippen LogP contribution in [0.25, 0.3) is 11.0 Å². The second-order valence-corrected chi connectivity index (χ2v) is 4.22. The number of nitrogens with one attached hydrogen (secondary N) is 3. The molecule has 0 unspecified atom stereocenters. The first-order valence-corrected chi connectivity index (χ1v) is 5.93. The van der Waals surface area contributed by atoms with E-state index in [2.05, 4.69) is 25.6 Å². The third-order valence-electron chi connectivity index (χ3n) is 2.71. The Morgan fingerprint density at radius 1 is 1.10 bits per heavy atom. The lowest BCUT2D eigenvalue weighted by Crippen LogP contribution is -2.19. The Bertz CT molecular complexity index is 817. The fourth-order valence-corrected chi connectivity index (χ4v) is 1.85. The Morgan fingerprint density at radius 3 is 2.71 bits per heavy atom. The monoisotopic (exact) mass is 289 g/mol. The summed E-state index contributed by atoms with van der Waals surface area (Å²) in [6.07, 6.45) is 4.89. The van der Waals surface area contributed by atoms with Gasteiger partial charge in [0, 0.05) is 17.6 Å². The SMILES string of the molecule is O=C(Nc1cncc(F)c1)Nc1c[nH]c2ncc(F)cc12. The van der Waals surface area contributed by atoms with Gasteiger partial charge in [0.1, 0.15) is 17.3 Å². The second-order valence-electron chi connectivity index (χ2n) is 4.22. The maximum absolute atomic E-state index is 13.2. The van der Waals surface area contributed by atoms with Crippen molar-refractivity contribution in [2.24, 2.45) is 0 Å². The van der Waals surface area contributed by atoms with Gasteiger partial charge >= 0.3 is 6.03 Å². The first-order valence-electron chi connectivity index (χ1n) is 5.93. The van der Waals surface area contributed by atoms with Crippen LogP contribution in [-0.4, -0.2) is 21.0 Å². The number of hydrogen-bond donors (Lipinski definition) is 3. The summed E-state index contributed by atoms with van der Waals surface area (Å²) in [7, 11) is 0. The van der Waals surface area contributed by atoms with E-state index in [1.54, 1.807) is 0 Å². The van der Waals surface area contributed by atoms with Crippen LogP contribution in [0.4, 0.5) is 25.0 Å². The first-order chi connectivity index (χ1) is 10.1. The number of carbonyl (C=O) groups is 1. The zero-order valence-electron chi connectivity index (χ0n) is 10.5. The van der Waals surface area contributed by atoms with Crippen molar-refractivity contribution in [2.75, 3.05) is 10.6 Å². The number of hydrogen-bond acceptors (Lipinski definition) is 3. The summed E-state index contributed by atoms with van der Waals surface area (Å²) < 4.78 is 26.1. The minimum Gasteiger partial charge on any atom is -0.344 e. The van der Waals surface area contributed by atoms with Crippen molar-refractivity contribution in [3.8, 4) is 0 Å². The molecular formula is C13H9F2N5O. The van der Waals surface area contributed by atoms with E-state index in [9.17, 15) is 13.6 Å². The van der Waals surface area contributed by atoms with Crippen molar-refractivity contribution in [3.63, 3.8) is 0 Å². The lowest BCUT2D eigenvalue weighted by molar-refractivity contribution is 0.262. The fourth-order valence-electron chi connectivity index (χ4n) is 1.85. The molecule has 3 aromatic heterocycles. The van der Waals surface area contributed by atoms with Gasteiger partial charge in [0.05, 0.1) is 30.0 Å². The van der Waals surface area contributed by atoms with E-state index in [1.807, 2.05) is 0 Å². The van der Waals surface area contributed by atoms with Gasteiger partial charge in [-0.1, -0.05) is 0 Å². The van der Waals surface area contributed by atoms with Crippen molar-refractivity contribution < 1.29 is 13.6 Å². The Labute approximate surface area is 117 Å². The molecule has 0 saturated heterocycles. The molecule has 3 aromatic rings. The first kappa shape index (κ1) is 13.0. The molecule has 0 atom stereocenters. The molecule has 3 heterocycles. The molecule has 0 aliphatic carbocycles. The van der Waals surface area contributed by atoms with Crippen molar-refractivity contribution in [2.45, 2.75) is 0 Å². The van der Waals surface area contributed by atoms with Crippen molar-refractivity contribution >= 4 is 28.4 Å². The number of anilines is 2. The van der Waals surface area contributed by atoms with Crippen molar-refractivity contribution in [1.82, 2.24) is 15.0 Å². The molecule has 6 nitrogen and oxygen atoms in total. The molecule has 3 N–H and O–H groups in total. The molecule has 106 valence electrons. The van der Waals surface area contributed by atoms with E-state index in [0.717, 1.165) is 18.5 Å². The van der Waals surface area contributed by atoms with E-state index in [4.69, 9.17) is 0 Å². The van der Waals surface area contributed by atoms with Gasteiger partial charge in [-0.2, -0.15) is 0 Å². The maximum Gasteiger partial charge on any atom is 0.323 e. The van der Waals surface area contributed by atoms with E-state index in [1.165, 1.54) is 18.5 Å². The molecule has 0 aromatic carbocycles. The Morgan fingerprint density at radius 2 is 1.90 bits per heavy atom. The zero-order valence-corrected chi connectivity index (χ0v) is 10.5. The summed E-state index contributed by atoms with van der Waals surface area (Å²) >= 11 is 0. The molecule has 0 fully saturated rings. The van der Waals surface area contributed by atoms with E-state index >= 15 is 0 Å². The molecule has 0 aliphatic heterocycles. The predicted molar refractivity (Wildman–Crippen MR) is 72.9 cm³/mol. The Hall–Kier alpha value is -3.03. The fraction of sp³-hybridized carbons (Fsp3) is 0. The van der Waals surface area contributed by atoms with Gasteiger partial charge < -0.3 is 15.6 Å². The largest absolute Gasteiger partial charge is 0.344 e. The second kappa shape index (κ2) is 5.16. The van der Waals surface area contributed by atoms with Crippen LogP contribution < -0.4 is 10.6 Å². The molecule has 0 bridgehead atoms. The number of fused-ring (bicyclic) bond motifs is 1. The number of aromatic amines is 1. The molecule has 21 heavy (non-hydrogen) atoms. The van der Waals surface area contributed by atoms with Gasteiger partial charge in [0.2, 0.25) is 0 Å². The number of carbonyl (C=O) groups excluding carboxylic acids is 1. The van der Waals surface area contributed by atoms with Gasteiger partial charge in [0.25, 0.3) is 0 Å². The highest BCUT2D eigenvalue weighted by atomic mass is 19.1. The van der Waals surface area contributed by atoms with Crippen molar-refractivity contribution in [1.29, 1.82) is 0 Å². The number of H-pyrrole nitrogens is 1. The van der Waals surface area contributed by atoms with Crippen LogP contribution in [0.5, 0.6) is 0 Å². The summed E-state index contributed by atoms with van der Waals surface area (Å²) in [6.45, 7) is 0. The highest BCUT2D eigenvalue weighted by Gasteiger charge is 2.09. The predicted octanol–water partition coefficient (Wildman–Crippen LogP) is 2.88. The summed E-state index contributed by atoms with van der Waals surface area (Å²) in [5.74, 6) is -1.08. The number of halogens is 2. The Balaban J connectivity index is 1.79. The molecule has 0 spiro atoms. The van der Waals surface area contributed by atoms with Crippen LogP contribution >= 0.6 is 0 Å². The number of nitrogens with zero attached hydrogens (tertiary/aromatic N) is 2. The van der Waals surface area contributed by atoms with Crippen LogP contribution in [0, 0.1) is 11.6 Å². The van der Waals surface area contributed by atoms with Crippen LogP contribution in [0.2, 0.25) is 0 Å². The Kier molecular flexibility index (Phi) is 3.19. The molecule has 0 aliphatic rings. The van der Waals surface area contributed by atoms with Gasteiger partial charge in [-0.25, -0.2) is 18.6 Å². The topological polar surface area (TPSA) is 82.7 Å². The van der Waals surface area contributed by atoms with E-state index in [-0.39, 0.29) is 5.69 Å². The lowest BCUT2D eigenvalue weighted by Gasteiger charge is -2.06. The van der Waals surface area contributed by atoms with Crippen LogP contribution in [0.1, 0.15) is 0 Å². The number of aromatic nitrogens is 3.